The number of carbonyl (C=O) groups is 4. The van der Waals surface area contributed by atoms with E-state index in [9.17, 15) is 19.2 Å². The number of likely N-dealkylation sites (tertiary alicyclic amines) is 1. The third-order valence-electron chi connectivity index (χ3n) is 6.36. The van der Waals surface area contributed by atoms with Crippen LogP contribution in [0.25, 0.3) is 0 Å². The summed E-state index contributed by atoms with van der Waals surface area (Å²) in [5.41, 5.74) is 0.829. The predicted octanol–water partition coefficient (Wildman–Crippen LogP) is 2.58. The van der Waals surface area contributed by atoms with Gasteiger partial charge < -0.3 is 10.1 Å². The van der Waals surface area contributed by atoms with Gasteiger partial charge in [-0.1, -0.05) is 31.9 Å². The summed E-state index contributed by atoms with van der Waals surface area (Å²) < 4.78 is 4.65. The first kappa shape index (κ1) is 20.5. The van der Waals surface area contributed by atoms with Crippen molar-refractivity contribution in [1.82, 2.24) is 4.90 Å². The van der Waals surface area contributed by atoms with Gasteiger partial charge in [-0.05, 0) is 49.4 Å². The van der Waals surface area contributed by atoms with Gasteiger partial charge in [-0.15, -0.1) is 0 Å². The van der Waals surface area contributed by atoms with Gasteiger partial charge in [0.15, 0.2) is 0 Å². The van der Waals surface area contributed by atoms with E-state index in [0.717, 1.165) is 11.3 Å². The smallest absolute Gasteiger partial charge is 0.337 e. The Hall–Kier alpha value is -1.74. The molecule has 0 unspecified atom stereocenters. The summed E-state index contributed by atoms with van der Waals surface area (Å²) in [6, 6.07) is 5.30. The molecule has 2 saturated carbocycles. The lowest BCUT2D eigenvalue weighted by Gasteiger charge is -2.28. The highest BCUT2D eigenvalue weighted by Crippen LogP contribution is 2.60. The number of esters is 1. The monoisotopic (exact) mass is 526 g/mol. The minimum Gasteiger partial charge on any atom is -0.465 e. The van der Waals surface area contributed by atoms with E-state index in [0.29, 0.717) is 11.3 Å². The lowest BCUT2D eigenvalue weighted by atomic mass is 9.81. The molecule has 1 aromatic rings. The van der Waals surface area contributed by atoms with Gasteiger partial charge in [0.1, 0.15) is 6.04 Å². The van der Waals surface area contributed by atoms with Crippen LogP contribution in [0.2, 0.25) is 0 Å². The molecule has 3 aliphatic rings. The SMILES string of the molecule is COC(=O)c1ccc(NC(=O)[C@H](C)N2C(=O)[C@@H]3[C@H]4C[C@@H]([C@H](Br)[C@@H]4Br)[C@@H]3C2=O)cc1. The standard InChI is InChI=1S/C20H20Br2N2O5/c1-8(17(25)23-10-5-3-9(4-6-10)20(28)29-2)24-18(26)13-11-7-12(14(13)19(24)27)16(22)15(11)21/h3-6,8,11-16H,7H2,1-2H3,(H,23,25)/t8-,11+,12+,13-,14+,15-,16+/m0/s1. The number of amides is 3. The zero-order chi connectivity index (χ0) is 21.0. The number of nitrogens with one attached hydrogen (secondary N) is 1. The fourth-order valence-corrected chi connectivity index (χ4v) is 6.80. The van der Waals surface area contributed by atoms with Gasteiger partial charge in [0.2, 0.25) is 17.7 Å². The number of carbonyl (C=O) groups excluding carboxylic acids is 4. The molecule has 2 bridgehead atoms. The molecule has 3 amide bonds. The first-order valence-electron chi connectivity index (χ1n) is 9.40. The highest BCUT2D eigenvalue weighted by molar-refractivity contribution is 9.12. The van der Waals surface area contributed by atoms with Crippen molar-refractivity contribution in [3.8, 4) is 0 Å². The summed E-state index contributed by atoms with van der Waals surface area (Å²) in [6.07, 6.45) is 0.847. The summed E-state index contributed by atoms with van der Waals surface area (Å²) in [7, 11) is 1.29. The Balaban J connectivity index is 1.48. The first-order chi connectivity index (χ1) is 13.8. The van der Waals surface area contributed by atoms with E-state index < -0.39 is 17.9 Å². The quantitative estimate of drug-likeness (QED) is 0.369. The summed E-state index contributed by atoms with van der Waals surface area (Å²) >= 11 is 7.31. The number of rotatable bonds is 4. The number of ether oxygens (including phenoxy) is 1. The van der Waals surface area contributed by atoms with Crippen molar-refractivity contribution in [3.63, 3.8) is 0 Å². The maximum atomic E-state index is 13.0. The molecule has 154 valence electrons. The predicted molar refractivity (Wildman–Crippen MR) is 112 cm³/mol. The van der Waals surface area contributed by atoms with E-state index >= 15 is 0 Å². The molecule has 0 spiro atoms. The number of anilines is 1. The minimum absolute atomic E-state index is 0.108. The van der Waals surface area contributed by atoms with Gasteiger partial charge in [-0.2, -0.15) is 0 Å². The molecule has 4 rings (SSSR count). The molecule has 9 heteroatoms. The fourth-order valence-electron chi connectivity index (χ4n) is 4.93. The molecule has 1 aliphatic heterocycles. The average molecular weight is 528 g/mol. The van der Waals surface area contributed by atoms with Crippen LogP contribution in [0.4, 0.5) is 5.69 Å². The van der Waals surface area contributed by atoms with E-state index in [-0.39, 0.29) is 45.1 Å². The number of alkyl halides is 2. The van der Waals surface area contributed by atoms with Gasteiger partial charge in [-0.25, -0.2) is 4.79 Å². The Labute approximate surface area is 184 Å². The third kappa shape index (κ3) is 3.13. The molecule has 29 heavy (non-hydrogen) atoms. The van der Waals surface area contributed by atoms with Crippen LogP contribution in [-0.2, 0) is 19.1 Å². The highest BCUT2D eigenvalue weighted by atomic mass is 79.9. The Morgan fingerprint density at radius 3 is 2.07 bits per heavy atom. The fraction of sp³-hybridized carbons (Fsp3) is 0.500. The average Bonchev–Trinajstić information content (AvgIpc) is 3.32. The zero-order valence-corrected chi connectivity index (χ0v) is 19.0. The molecular formula is C20H20Br2N2O5. The second kappa shape index (κ2) is 7.50. The van der Waals surface area contributed by atoms with Crippen molar-refractivity contribution in [1.29, 1.82) is 0 Å². The zero-order valence-electron chi connectivity index (χ0n) is 15.8. The second-order valence-corrected chi connectivity index (χ2v) is 9.90. The Kier molecular flexibility index (Phi) is 5.31. The Bertz CT molecular complexity index is 857. The van der Waals surface area contributed by atoms with Crippen molar-refractivity contribution >= 4 is 61.2 Å². The van der Waals surface area contributed by atoms with Crippen LogP contribution in [0.3, 0.4) is 0 Å². The van der Waals surface area contributed by atoms with Crippen LogP contribution in [-0.4, -0.2) is 51.4 Å². The molecule has 1 aromatic carbocycles. The van der Waals surface area contributed by atoms with Gasteiger partial charge in [0, 0.05) is 15.3 Å². The summed E-state index contributed by atoms with van der Waals surface area (Å²) in [5, 5.41) is 2.71. The van der Waals surface area contributed by atoms with Crippen LogP contribution < -0.4 is 5.32 Å². The van der Waals surface area contributed by atoms with Gasteiger partial charge in [0.25, 0.3) is 0 Å². The van der Waals surface area contributed by atoms with Crippen molar-refractivity contribution in [2.45, 2.75) is 29.0 Å². The number of halogens is 2. The first-order valence-corrected chi connectivity index (χ1v) is 11.2. The second-order valence-electron chi connectivity index (χ2n) is 7.78. The van der Waals surface area contributed by atoms with E-state index in [1.807, 2.05) is 0 Å². The van der Waals surface area contributed by atoms with Gasteiger partial charge >= 0.3 is 5.97 Å². The van der Waals surface area contributed by atoms with E-state index in [1.54, 1.807) is 19.1 Å². The normalized spacial score (nSPS) is 33.6. The number of nitrogens with zero attached hydrogens (tertiary/aromatic N) is 1. The largest absolute Gasteiger partial charge is 0.465 e. The summed E-state index contributed by atoms with van der Waals surface area (Å²) in [6.45, 7) is 1.56. The van der Waals surface area contributed by atoms with Crippen LogP contribution in [0.1, 0.15) is 23.7 Å². The van der Waals surface area contributed by atoms with Crippen LogP contribution in [0, 0.1) is 23.7 Å². The molecule has 7 nitrogen and oxygen atoms in total. The van der Waals surface area contributed by atoms with E-state index in [2.05, 4.69) is 41.9 Å². The number of methoxy groups -OCH3 is 1. The van der Waals surface area contributed by atoms with Crippen molar-refractivity contribution in [2.24, 2.45) is 23.7 Å². The molecule has 7 atom stereocenters. The Morgan fingerprint density at radius 2 is 1.59 bits per heavy atom. The van der Waals surface area contributed by atoms with Crippen LogP contribution in [0.5, 0.6) is 0 Å². The topological polar surface area (TPSA) is 92.8 Å². The Morgan fingerprint density at radius 1 is 1.07 bits per heavy atom. The summed E-state index contributed by atoms with van der Waals surface area (Å²) in [5.74, 6) is -1.90. The number of fused-ring (bicyclic) bond motifs is 5. The minimum atomic E-state index is -0.914. The molecule has 1 heterocycles. The van der Waals surface area contributed by atoms with Crippen molar-refractivity contribution < 1.29 is 23.9 Å². The molecule has 0 aromatic heterocycles. The maximum Gasteiger partial charge on any atom is 0.337 e. The number of benzene rings is 1. The summed E-state index contributed by atoms with van der Waals surface area (Å²) in [4.78, 5) is 51.7. The lowest BCUT2D eigenvalue weighted by Crippen LogP contribution is -2.46. The molecule has 2 aliphatic carbocycles. The highest BCUT2D eigenvalue weighted by Gasteiger charge is 2.67. The maximum absolute atomic E-state index is 13.0. The molecule has 1 saturated heterocycles. The van der Waals surface area contributed by atoms with Crippen LogP contribution in [0.15, 0.2) is 24.3 Å². The van der Waals surface area contributed by atoms with Gasteiger partial charge in [-0.3, -0.25) is 19.3 Å². The number of hydrogen-bond donors (Lipinski definition) is 1. The van der Waals surface area contributed by atoms with E-state index in [1.165, 1.54) is 19.2 Å². The van der Waals surface area contributed by atoms with Gasteiger partial charge in [0.05, 0.1) is 24.5 Å². The molecule has 3 fully saturated rings. The third-order valence-corrected chi connectivity index (χ3v) is 9.57. The van der Waals surface area contributed by atoms with Crippen LogP contribution >= 0.6 is 31.9 Å². The molecule has 0 radical (unpaired) electrons. The van der Waals surface area contributed by atoms with Crippen molar-refractivity contribution in [3.05, 3.63) is 29.8 Å². The lowest BCUT2D eigenvalue weighted by molar-refractivity contribution is -0.146. The molecular weight excluding hydrogens is 508 g/mol. The number of hydrogen-bond acceptors (Lipinski definition) is 5. The molecule has 1 N–H and O–H groups in total. The van der Waals surface area contributed by atoms with Crippen molar-refractivity contribution in [2.75, 3.05) is 12.4 Å². The van der Waals surface area contributed by atoms with E-state index in [4.69, 9.17) is 0 Å². The number of imide groups is 1.